The van der Waals surface area contributed by atoms with Gasteiger partial charge < -0.3 is 10.6 Å². The minimum Gasteiger partial charge on any atom is -0.349 e. The molecule has 0 bridgehead atoms. The van der Waals surface area contributed by atoms with Crippen molar-refractivity contribution in [3.8, 4) is 0 Å². The molecule has 140 valence electrons. The van der Waals surface area contributed by atoms with E-state index in [1.54, 1.807) is 35.2 Å². The summed E-state index contributed by atoms with van der Waals surface area (Å²) in [5.74, 6) is 0.161. The van der Waals surface area contributed by atoms with Crippen LogP contribution in [0.2, 0.25) is 10.0 Å². The van der Waals surface area contributed by atoms with Crippen LogP contribution in [0.1, 0.15) is 26.5 Å². The zero-order chi connectivity index (χ0) is 19.1. The monoisotopic (exact) mass is 430 g/mol. The quantitative estimate of drug-likeness (QED) is 0.646. The molecular formula is C18H20Cl2N2O2S2. The van der Waals surface area contributed by atoms with Gasteiger partial charge in [0, 0.05) is 14.8 Å². The summed E-state index contributed by atoms with van der Waals surface area (Å²) in [4.78, 5) is 27.3. The summed E-state index contributed by atoms with van der Waals surface area (Å²) >= 11 is 15.2. The van der Waals surface area contributed by atoms with E-state index < -0.39 is 6.04 Å². The molecule has 0 saturated heterocycles. The molecular weight excluding hydrogens is 411 g/mol. The van der Waals surface area contributed by atoms with Crippen LogP contribution in [0.3, 0.4) is 0 Å². The number of hydrogen-bond donors (Lipinski definition) is 2. The van der Waals surface area contributed by atoms with Crippen molar-refractivity contribution in [2.24, 2.45) is 0 Å². The van der Waals surface area contributed by atoms with Crippen LogP contribution in [0, 0.1) is 6.92 Å². The second-order valence-electron chi connectivity index (χ2n) is 5.66. The molecule has 0 saturated carbocycles. The first-order valence-electron chi connectivity index (χ1n) is 7.98. The largest absolute Gasteiger partial charge is 0.349 e. The number of thioether (sulfide) groups is 1. The summed E-state index contributed by atoms with van der Waals surface area (Å²) in [6.07, 6.45) is 2.49. The molecule has 0 aliphatic heterocycles. The number of thiophene rings is 1. The average Bonchev–Trinajstić information content (AvgIpc) is 3.01. The van der Waals surface area contributed by atoms with Gasteiger partial charge in [-0.3, -0.25) is 9.59 Å². The van der Waals surface area contributed by atoms with Gasteiger partial charge in [0.1, 0.15) is 6.04 Å². The Morgan fingerprint density at radius 2 is 2.00 bits per heavy atom. The Hall–Kier alpha value is -1.21. The number of benzene rings is 1. The van der Waals surface area contributed by atoms with Gasteiger partial charge in [-0.15, -0.1) is 11.3 Å². The number of aryl methyl sites for hydroxylation is 1. The molecule has 1 unspecified atom stereocenters. The molecule has 4 nitrogen and oxygen atoms in total. The van der Waals surface area contributed by atoms with Crippen molar-refractivity contribution >= 4 is 58.1 Å². The highest BCUT2D eigenvalue weighted by molar-refractivity contribution is 7.98. The maximum atomic E-state index is 12.6. The average molecular weight is 431 g/mol. The van der Waals surface area contributed by atoms with E-state index >= 15 is 0 Å². The third kappa shape index (κ3) is 6.20. The van der Waals surface area contributed by atoms with Crippen LogP contribution in [-0.2, 0) is 11.3 Å². The van der Waals surface area contributed by atoms with Gasteiger partial charge in [0.15, 0.2) is 0 Å². The van der Waals surface area contributed by atoms with E-state index in [1.165, 1.54) is 10.9 Å². The molecule has 2 amide bonds. The van der Waals surface area contributed by atoms with Crippen molar-refractivity contribution in [3.63, 3.8) is 0 Å². The number of halogens is 2. The number of carbonyl (C=O) groups excluding carboxylic acids is 2. The van der Waals surface area contributed by atoms with Gasteiger partial charge in [-0.25, -0.2) is 0 Å². The summed E-state index contributed by atoms with van der Waals surface area (Å²) in [5.41, 5.74) is 0.298. The van der Waals surface area contributed by atoms with Crippen molar-refractivity contribution < 1.29 is 9.59 Å². The highest BCUT2D eigenvalue weighted by atomic mass is 35.5. The molecule has 2 rings (SSSR count). The molecule has 0 spiro atoms. The summed E-state index contributed by atoms with van der Waals surface area (Å²) in [6.45, 7) is 2.47. The van der Waals surface area contributed by atoms with Crippen LogP contribution < -0.4 is 10.6 Å². The molecule has 0 fully saturated rings. The van der Waals surface area contributed by atoms with Crippen molar-refractivity contribution in [2.75, 3.05) is 12.0 Å². The smallest absolute Gasteiger partial charge is 0.253 e. The Bertz CT molecular complexity index is 780. The molecule has 0 aliphatic rings. The minimum atomic E-state index is -0.622. The molecule has 1 heterocycles. The predicted octanol–water partition coefficient (Wildman–Crippen LogP) is 4.53. The Labute approximate surface area is 171 Å². The fraction of sp³-hybridized carbons (Fsp3) is 0.333. The summed E-state index contributed by atoms with van der Waals surface area (Å²) in [5, 5.41) is 6.39. The second-order valence-corrected chi connectivity index (χ2v) is 8.86. The lowest BCUT2D eigenvalue weighted by atomic mass is 10.1. The highest BCUT2D eigenvalue weighted by Crippen LogP contribution is 2.21. The standard InChI is InChI=1S/C18H20Cl2N2O2S2/c1-11-3-5-13(26-11)10-21-18(24)16(7-8-25-2)22-17(23)14-6-4-12(19)9-15(14)20/h3-6,9,16H,7-8,10H2,1-2H3,(H,21,24)(H,22,23). The van der Waals surface area contributed by atoms with Crippen LogP contribution in [0.4, 0.5) is 0 Å². The Morgan fingerprint density at radius 3 is 2.62 bits per heavy atom. The molecule has 0 radical (unpaired) electrons. The fourth-order valence-electron chi connectivity index (χ4n) is 2.29. The first-order valence-corrected chi connectivity index (χ1v) is 10.9. The molecule has 1 aromatic carbocycles. The summed E-state index contributed by atoms with van der Waals surface area (Å²) in [7, 11) is 0. The van der Waals surface area contributed by atoms with Gasteiger partial charge in [0.2, 0.25) is 5.91 Å². The van der Waals surface area contributed by atoms with Crippen LogP contribution in [0.5, 0.6) is 0 Å². The maximum Gasteiger partial charge on any atom is 0.253 e. The molecule has 2 aromatic rings. The van der Waals surface area contributed by atoms with Gasteiger partial charge >= 0.3 is 0 Å². The first kappa shape index (κ1) is 21.1. The maximum absolute atomic E-state index is 12.6. The number of nitrogens with one attached hydrogen (secondary N) is 2. The van der Waals surface area contributed by atoms with Crippen molar-refractivity contribution in [3.05, 3.63) is 55.7 Å². The van der Waals surface area contributed by atoms with Gasteiger partial charge in [0.05, 0.1) is 17.1 Å². The van der Waals surface area contributed by atoms with Crippen LogP contribution >= 0.6 is 46.3 Å². The summed E-state index contributed by atoms with van der Waals surface area (Å²) < 4.78 is 0. The second kappa shape index (κ2) is 10.2. The molecule has 1 aromatic heterocycles. The van der Waals surface area contributed by atoms with E-state index in [-0.39, 0.29) is 16.8 Å². The zero-order valence-corrected chi connectivity index (χ0v) is 17.6. The molecule has 2 N–H and O–H groups in total. The normalized spacial score (nSPS) is 11.8. The van der Waals surface area contributed by atoms with Gasteiger partial charge in [0.25, 0.3) is 5.91 Å². The van der Waals surface area contributed by atoms with E-state index in [9.17, 15) is 9.59 Å². The first-order chi connectivity index (χ1) is 12.4. The van der Waals surface area contributed by atoms with E-state index in [0.717, 1.165) is 10.6 Å². The Morgan fingerprint density at radius 1 is 1.23 bits per heavy atom. The third-order valence-electron chi connectivity index (χ3n) is 3.64. The third-order valence-corrected chi connectivity index (χ3v) is 5.83. The molecule has 26 heavy (non-hydrogen) atoms. The number of amides is 2. The number of carbonyl (C=O) groups is 2. The summed E-state index contributed by atoms with van der Waals surface area (Å²) in [6, 6.07) is 8.04. The van der Waals surface area contributed by atoms with Gasteiger partial charge in [-0.2, -0.15) is 11.8 Å². The van der Waals surface area contributed by atoms with E-state index in [0.29, 0.717) is 23.6 Å². The number of hydrogen-bond acceptors (Lipinski definition) is 4. The van der Waals surface area contributed by atoms with Crippen molar-refractivity contribution in [2.45, 2.75) is 25.9 Å². The lowest BCUT2D eigenvalue weighted by molar-refractivity contribution is -0.123. The number of rotatable bonds is 8. The Kier molecular flexibility index (Phi) is 8.28. The van der Waals surface area contributed by atoms with E-state index in [2.05, 4.69) is 10.6 Å². The fourth-order valence-corrected chi connectivity index (χ4v) is 4.09. The molecule has 1 atom stereocenters. The SMILES string of the molecule is CSCCC(NC(=O)c1ccc(Cl)cc1Cl)C(=O)NCc1ccc(C)s1. The Balaban J connectivity index is 2.02. The molecule has 0 aliphatic carbocycles. The minimum absolute atomic E-state index is 0.205. The predicted molar refractivity (Wildman–Crippen MR) is 112 cm³/mol. The van der Waals surface area contributed by atoms with Crippen molar-refractivity contribution in [1.29, 1.82) is 0 Å². The van der Waals surface area contributed by atoms with Gasteiger partial charge in [-0.1, -0.05) is 23.2 Å². The van der Waals surface area contributed by atoms with Crippen LogP contribution in [0.15, 0.2) is 30.3 Å². The van der Waals surface area contributed by atoms with Crippen LogP contribution in [-0.4, -0.2) is 29.9 Å². The molecule has 8 heteroatoms. The lowest BCUT2D eigenvalue weighted by Gasteiger charge is -2.18. The lowest BCUT2D eigenvalue weighted by Crippen LogP contribution is -2.46. The van der Waals surface area contributed by atoms with Gasteiger partial charge in [-0.05, 0) is 55.7 Å². The van der Waals surface area contributed by atoms with E-state index in [1.807, 2.05) is 25.3 Å². The van der Waals surface area contributed by atoms with Crippen molar-refractivity contribution in [1.82, 2.24) is 10.6 Å². The van der Waals surface area contributed by atoms with Crippen LogP contribution in [0.25, 0.3) is 0 Å². The topological polar surface area (TPSA) is 58.2 Å². The van der Waals surface area contributed by atoms with E-state index in [4.69, 9.17) is 23.2 Å². The zero-order valence-electron chi connectivity index (χ0n) is 14.5. The highest BCUT2D eigenvalue weighted by Gasteiger charge is 2.22.